The highest BCUT2D eigenvalue weighted by Gasteiger charge is 2.60. The minimum Gasteiger partial charge on any atom is -0.452 e. The van der Waals surface area contributed by atoms with Crippen LogP contribution in [0.5, 0.6) is 0 Å². The van der Waals surface area contributed by atoms with Crippen molar-refractivity contribution in [1.82, 2.24) is 10.6 Å². The van der Waals surface area contributed by atoms with Crippen molar-refractivity contribution in [2.45, 2.75) is 55.9 Å². The van der Waals surface area contributed by atoms with E-state index in [4.69, 9.17) is 4.74 Å². The molecule has 0 radical (unpaired) electrons. The van der Waals surface area contributed by atoms with E-state index in [1.807, 2.05) is 0 Å². The van der Waals surface area contributed by atoms with Crippen molar-refractivity contribution in [1.29, 1.82) is 0 Å². The third-order valence-electron chi connectivity index (χ3n) is 5.54. The lowest BCUT2D eigenvalue weighted by Gasteiger charge is -2.58. The molecule has 4 rings (SSSR count). The third kappa shape index (κ3) is 3.12. The lowest BCUT2D eigenvalue weighted by atomic mass is 9.49. The summed E-state index contributed by atoms with van der Waals surface area (Å²) in [6.07, 6.45) is 5.00. The molecular weight excluding hydrogens is 364 g/mol. The van der Waals surface area contributed by atoms with Crippen LogP contribution < -0.4 is 10.6 Å². The van der Waals surface area contributed by atoms with Gasteiger partial charge in [-0.25, -0.2) is 4.79 Å². The summed E-state index contributed by atoms with van der Waals surface area (Å²) in [5.74, 6) is 0.252. The predicted molar refractivity (Wildman–Crippen MR) is 86.9 cm³/mol. The highest BCUT2D eigenvalue weighted by molar-refractivity contribution is 9.10. The van der Waals surface area contributed by atoms with Gasteiger partial charge in [0.15, 0.2) is 6.10 Å². The van der Waals surface area contributed by atoms with E-state index >= 15 is 0 Å². The molecule has 4 aliphatic rings. The Balaban J connectivity index is 1.66. The van der Waals surface area contributed by atoms with Gasteiger partial charge in [0.25, 0.3) is 5.91 Å². The molecule has 23 heavy (non-hydrogen) atoms. The summed E-state index contributed by atoms with van der Waals surface area (Å²) >= 11 is 3.86. The number of carbonyl (C=O) groups excluding carboxylic acids is 3. The number of rotatable bonds is 3. The molecule has 4 bridgehead atoms. The Labute approximate surface area is 144 Å². The number of carbonyl (C=O) groups is 3. The van der Waals surface area contributed by atoms with Crippen molar-refractivity contribution < 1.29 is 19.1 Å². The number of hydrogen-bond acceptors (Lipinski definition) is 4. The van der Waals surface area contributed by atoms with Crippen molar-refractivity contribution in [3.63, 3.8) is 0 Å². The Morgan fingerprint density at radius 2 is 1.78 bits per heavy atom. The molecule has 0 aromatic carbocycles. The quantitative estimate of drug-likeness (QED) is 0.574. The fraction of sp³-hybridized carbons (Fsp3) is 0.812. The van der Waals surface area contributed by atoms with Crippen LogP contribution in [0, 0.1) is 17.3 Å². The van der Waals surface area contributed by atoms with Gasteiger partial charge in [0, 0.05) is 11.4 Å². The molecule has 0 aromatic rings. The fourth-order valence-corrected chi connectivity index (χ4v) is 6.46. The summed E-state index contributed by atoms with van der Waals surface area (Å²) in [5, 5.41) is 4.44. The second-order valence-corrected chi connectivity index (χ2v) is 9.19. The lowest BCUT2D eigenvalue weighted by Crippen LogP contribution is -2.57. The second kappa shape index (κ2) is 5.76. The van der Waals surface area contributed by atoms with Crippen LogP contribution in [-0.4, -0.2) is 35.4 Å². The van der Waals surface area contributed by atoms with Gasteiger partial charge in [-0.15, -0.1) is 0 Å². The molecule has 0 aliphatic heterocycles. The van der Waals surface area contributed by atoms with Crippen molar-refractivity contribution in [3.8, 4) is 0 Å². The molecular formula is C16H23BrN2O4. The highest BCUT2D eigenvalue weighted by Crippen LogP contribution is 2.64. The highest BCUT2D eigenvalue weighted by atomic mass is 79.9. The van der Waals surface area contributed by atoms with E-state index in [0.29, 0.717) is 11.8 Å². The first-order valence-electron chi connectivity index (χ1n) is 8.18. The number of hydrogen-bond donors (Lipinski definition) is 2. The second-order valence-electron chi connectivity index (χ2n) is 7.51. The Hall–Kier alpha value is -1.11. The Morgan fingerprint density at radius 1 is 1.17 bits per heavy atom. The summed E-state index contributed by atoms with van der Waals surface area (Å²) in [4.78, 5) is 35.9. The zero-order valence-electron chi connectivity index (χ0n) is 13.5. The number of alkyl halides is 1. The summed E-state index contributed by atoms with van der Waals surface area (Å²) in [7, 11) is 1.42. The normalized spacial score (nSPS) is 38.7. The van der Waals surface area contributed by atoms with Crippen LogP contribution in [-0.2, 0) is 14.3 Å². The number of halogens is 1. The Kier molecular flexibility index (Phi) is 4.19. The zero-order valence-corrected chi connectivity index (χ0v) is 15.1. The average molecular weight is 387 g/mol. The number of esters is 1. The summed E-state index contributed by atoms with van der Waals surface area (Å²) in [6.45, 7) is 1.50. The molecule has 0 heterocycles. The zero-order chi connectivity index (χ0) is 16.8. The van der Waals surface area contributed by atoms with Crippen LogP contribution in [0.1, 0.15) is 45.4 Å². The van der Waals surface area contributed by atoms with Crippen molar-refractivity contribution in [2.75, 3.05) is 7.05 Å². The third-order valence-corrected chi connectivity index (χ3v) is 6.47. The van der Waals surface area contributed by atoms with Crippen LogP contribution in [0.25, 0.3) is 0 Å². The average Bonchev–Trinajstić information content (AvgIpc) is 2.44. The molecule has 0 aromatic heterocycles. The van der Waals surface area contributed by atoms with Gasteiger partial charge in [0.05, 0.1) is 5.41 Å². The van der Waals surface area contributed by atoms with E-state index in [2.05, 4.69) is 26.6 Å². The number of imide groups is 1. The fourth-order valence-electron chi connectivity index (χ4n) is 5.00. The minimum absolute atomic E-state index is 0.0592. The lowest BCUT2D eigenvalue weighted by molar-refractivity contribution is -0.176. The van der Waals surface area contributed by atoms with Gasteiger partial charge in [-0.3, -0.25) is 14.9 Å². The summed E-state index contributed by atoms with van der Waals surface area (Å²) < 4.78 is 5.49. The molecule has 4 aliphatic carbocycles. The van der Waals surface area contributed by atoms with Crippen molar-refractivity contribution >= 4 is 33.8 Å². The minimum atomic E-state index is -0.973. The first kappa shape index (κ1) is 16.7. The number of ether oxygens (including phenoxy) is 1. The molecule has 0 unspecified atom stereocenters. The maximum Gasteiger partial charge on any atom is 0.321 e. The number of urea groups is 1. The molecule has 7 heteroatoms. The molecule has 0 spiro atoms. The molecule has 4 fully saturated rings. The van der Waals surface area contributed by atoms with Gasteiger partial charge in [0.2, 0.25) is 0 Å². The van der Waals surface area contributed by atoms with E-state index in [1.54, 1.807) is 0 Å². The van der Waals surface area contributed by atoms with Gasteiger partial charge >= 0.3 is 12.0 Å². The maximum absolute atomic E-state index is 12.8. The first-order valence-corrected chi connectivity index (χ1v) is 8.97. The van der Waals surface area contributed by atoms with E-state index in [0.717, 1.165) is 32.1 Å². The van der Waals surface area contributed by atoms with Gasteiger partial charge in [-0.2, -0.15) is 0 Å². The van der Waals surface area contributed by atoms with Crippen LogP contribution in [0.2, 0.25) is 0 Å². The van der Waals surface area contributed by atoms with Gasteiger partial charge in [-0.05, 0) is 57.3 Å². The molecule has 3 amide bonds. The van der Waals surface area contributed by atoms with E-state index < -0.39 is 23.5 Å². The Morgan fingerprint density at radius 3 is 2.30 bits per heavy atom. The molecule has 4 saturated carbocycles. The van der Waals surface area contributed by atoms with Gasteiger partial charge in [-0.1, -0.05) is 15.9 Å². The van der Waals surface area contributed by atoms with Gasteiger partial charge in [0.1, 0.15) is 0 Å². The summed E-state index contributed by atoms with van der Waals surface area (Å²) in [5.41, 5.74) is -0.463. The smallest absolute Gasteiger partial charge is 0.321 e. The molecule has 128 valence electrons. The summed E-state index contributed by atoms with van der Waals surface area (Å²) in [6, 6.07) is -0.605. The SMILES string of the molecule is CNC(=O)NC(=O)[C@H](C)OC(=O)C12C[C@@H]3C[C@H](CC(Br)(C3)C1)C2. The van der Waals surface area contributed by atoms with Crippen LogP contribution in [0.4, 0.5) is 4.79 Å². The topological polar surface area (TPSA) is 84.5 Å². The largest absolute Gasteiger partial charge is 0.452 e. The molecule has 0 saturated heterocycles. The molecule has 6 nitrogen and oxygen atoms in total. The first-order chi connectivity index (χ1) is 10.8. The van der Waals surface area contributed by atoms with Crippen LogP contribution in [0.3, 0.4) is 0 Å². The predicted octanol–water partition coefficient (Wildman–Crippen LogP) is 2.11. The van der Waals surface area contributed by atoms with E-state index in [-0.39, 0.29) is 10.3 Å². The molecule has 2 N–H and O–H groups in total. The maximum atomic E-state index is 12.8. The Bertz CT molecular complexity index is 536. The van der Waals surface area contributed by atoms with E-state index in [1.165, 1.54) is 20.4 Å². The molecule has 3 atom stereocenters. The number of nitrogens with one attached hydrogen (secondary N) is 2. The van der Waals surface area contributed by atoms with Crippen molar-refractivity contribution in [2.24, 2.45) is 17.3 Å². The van der Waals surface area contributed by atoms with E-state index in [9.17, 15) is 14.4 Å². The van der Waals surface area contributed by atoms with Crippen LogP contribution >= 0.6 is 15.9 Å². The van der Waals surface area contributed by atoms with Gasteiger partial charge < -0.3 is 10.1 Å². The van der Waals surface area contributed by atoms with Crippen molar-refractivity contribution in [3.05, 3.63) is 0 Å². The van der Waals surface area contributed by atoms with Crippen LogP contribution in [0.15, 0.2) is 0 Å². The monoisotopic (exact) mass is 386 g/mol. The number of amides is 3. The standard InChI is InChI=1S/C16H23BrN2O4/c1-9(12(20)19-14(22)18-2)23-13(21)15-4-10-3-11(5-15)7-16(17,6-10)8-15/h9-11H,3-8H2,1-2H3,(H2,18,19,20,22)/t9-,10-,11-,15?,16?/m0/s1.